The minimum atomic E-state index is 0.196. The van der Waals surface area contributed by atoms with Crippen molar-refractivity contribution in [2.45, 2.75) is 6.61 Å². The van der Waals surface area contributed by atoms with Crippen LogP contribution in [0.25, 0.3) is 11.2 Å². The second kappa shape index (κ2) is 4.98. The second-order valence-electron chi connectivity index (χ2n) is 4.34. The topological polar surface area (TPSA) is 102 Å². The third-order valence-corrected chi connectivity index (χ3v) is 2.99. The number of nitrogens with two attached hydrogens (primary N) is 1. The van der Waals surface area contributed by atoms with Gasteiger partial charge in [0.1, 0.15) is 6.61 Å². The second-order valence-corrected chi connectivity index (χ2v) is 4.34. The number of oxazole rings is 1. The van der Waals surface area contributed by atoms with Gasteiger partial charge in [0.05, 0.1) is 0 Å². The molecule has 1 saturated heterocycles. The van der Waals surface area contributed by atoms with Crippen molar-refractivity contribution in [2.75, 3.05) is 43.9 Å². The highest BCUT2D eigenvalue weighted by molar-refractivity contribution is 5.83. The normalized spacial score (nSPS) is 16.2. The van der Waals surface area contributed by atoms with Crippen LogP contribution in [-0.2, 0) is 11.3 Å². The molecule has 0 radical (unpaired) electrons. The molecule has 0 spiro atoms. The van der Waals surface area contributed by atoms with E-state index in [0.29, 0.717) is 23.7 Å². The number of nitrogen functional groups attached to an aromatic ring is 1. The highest BCUT2D eigenvalue weighted by Crippen LogP contribution is 2.25. The van der Waals surface area contributed by atoms with Crippen molar-refractivity contribution in [1.29, 1.82) is 0 Å². The van der Waals surface area contributed by atoms with Gasteiger partial charge in [0, 0.05) is 33.3 Å². The lowest BCUT2D eigenvalue weighted by atomic mass is 10.3. The predicted molar refractivity (Wildman–Crippen MR) is 69.8 cm³/mol. The molecule has 1 aliphatic heterocycles. The maximum absolute atomic E-state index is 5.73. The first-order valence-electron chi connectivity index (χ1n) is 6.15. The minimum Gasteiger partial charge on any atom is -0.419 e. The van der Waals surface area contributed by atoms with Gasteiger partial charge in [-0.05, 0) is 0 Å². The molecule has 3 heterocycles. The summed E-state index contributed by atoms with van der Waals surface area (Å²) in [4.78, 5) is 14.9. The van der Waals surface area contributed by atoms with Gasteiger partial charge in [-0.25, -0.2) is 4.98 Å². The van der Waals surface area contributed by atoms with Crippen molar-refractivity contribution >= 4 is 23.0 Å². The number of aromatic nitrogens is 3. The Kier molecular flexibility index (Phi) is 3.18. The first-order chi connectivity index (χ1) is 9.28. The molecule has 0 atom stereocenters. The summed E-state index contributed by atoms with van der Waals surface area (Å²) in [5.74, 6) is 1.41. The van der Waals surface area contributed by atoms with Crippen LogP contribution in [0.1, 0.15) is 5.89 Å². The van der Waals surface area contributed by atoms with E-state index in [0.717, 1.165) is 32.0 Å². The van der Waals surface area contributed by atoms with E-state index in [1.807, 2.05) is 0 Å². The zero-order valence-electron chi connectivity index (χ0n) is 10.7. The Labute approximate surface area is 110 Å². The highest BCUT2D eigenvalue weighted by Gasteiger charge is 2.20. The molecule has 2 aromatic heterocycles. The molecular formula is C11H16N6O2. The van der Waals surface area contributed by atoms with E-state index in [9.17, 15) is 0 Å². The number of nitrogens with zero attached hydrogens (tertiary/aromatic N) is 4. The van der Waals surface area contributed by atoms with Gasteiger partial charge >= 0.3 is 0 Å². The Balaban J connectivity index is 2.05. The molecule has 1 fully saturated rings. The molecule has 3 N–H and O–H groups in total. The van der Waals surface area contributed by atoms with Crippen molar-refractivity contribution in [3.63, 3.8) is 0 Å². The van der Waals surface area contributed by atoms with E-state index in [1.165, 1.54) is 0 Å². The fourth-order valence-electron chi connectivity index (χ4n) is 2.15. The molecule has 0 saturated carbocycles. The lowest BCUT2D eigenvalue weighted by Gasteiger charge is -2.28. The first-order valence-corrected chi connectivity index (χ1v) is 6.15. The summed E-state index contributed by atoms with van der Waals surface area (Å²) in [7, 11) is 1.59. The molecule has 8 nitrogen and oxygen atoms in total. The van der Waals surface area contributed by atoms with Crippen LogP contribution >= 0.6 is 0 Å². The fraction of sp³-hybridized carbons (Fsp3) is 0.545. The monoisotopic (exact) mass is 264 g/mol. The number of nitrogens with one attached hydrogen (secondary N) is 1. The van der Waals surface area contributed by atoms with Crippen molar-refractivity contribution in [1.82, 2.24) is 20.3 Å². The first kappa shape index (κ1) is 12.1. The number of hydrogen-bond donors (Lipinski definition) is 2. The van der Waals surface area contributed by atoms with Gasteiger partial charge in [-0.15, -0.1) is 0 Å². The molecule has 8 heteroatoms. The summed E-state index contributed by atoms with van der Waals surface area (Å²) in [5.41, 5.74) is 6.78. The number of anilines is 2. The lowest BCUT2D eigenvalue weighted by Crippen LogP contribution is -2.44. The van der Waals surface area contributed by atoms with Gasteiger partial charge in [0.15, 0.2) is 11.3 Å². The fourth-order valence-corrected chi connectivity index (χ4v) is 2.15. The van der Waals surface area contributed by atoms with E-state index < -0.39 is 0 Å². The van der Waals surface area contributed by atoms with Gasteiger partial charge in [-0.1, -0.05) is 0 Å². The zero-order valence-corrected chi connectivity index (χ0v) is 10.7. The highest BCUT2D eigenvalue weighted by atomic mass is 16.5. The number of rotatable bonds is 3. The third-order valence-electron chi connectivity index (χ3n) is 2.99. The van der Waals surface area contributed by atoms with Gasteiger partial charge in [-0.2, -0.15) is 9.97 Å². The molecule has 0 bridgehead atoms. The molecule has 0 amide bonds. The van der Waals surface area contributed by atoms with Crippen molar-refractivity contribution in [3.8, 4) is 0 Å². The van der Waals surface area contributed by atoms with Crippen molar-refractivity contribution < 1.29 is 9.15 Å². The molecule has 0 unspecified atom stereocenters. The van der Waals surface area contributed by atoms with Crippen LogP contribution in [0, 0.1) is 0 Å². The quantitative estimate of drug-likeness (QED) is 0.782. The number of piperazine rings is 1. The van der Waals surface area contributed by atoms with Crippen LogP contribution < -0.4 is 16.0 Å². The lowest BCUT2D eigenvalue weighted by molar-refractivity contribution is 0.161. The molecule has 0 aromatic carbocycles. The number of hydrogen-bond acceptors (Lipinski definition) is 8. The molecule has 0 aliphatic carbocycles. The van der Waals surface area contributed by atoms with Crippen LogP contribution in [0.3, 0.4) is 0 Å². The van der Waals surface area contributed by atoms with E-state index in [4.69, 9.17) is 14.9 Å². The molecule has 19 heavy (non-hydrogen) atoms. The summed E-state index contributed by atoms with van der Waals surface area (Å²) in [6.45, 7) is 3.84. The standard InChI is InChI=1S/C11H16N6O2/c1-18-6-7-14-8-9(17-4-2-13-3-5-17)15-11(12)16-10(8)19-7/h13H,2-6H2,1H3,(H2,12,15,16). The van der Waals surface area contributed by atoms with E-state index in [2.05, 4.69) is 25.2 Å². The summed E-state index contributed by atoms with van der Waals surface area (Å²) in [6.07, 6.45) is 0. The largest absolute Gasteiger partial charge is 0.419 e. The summed E-state index contributed by atoms with van der Waals surface area (Å²) < 4.78 is 10.5. The number of ether oxygens (including phenoxy) is 1. The van der Waals surface area contributed by atoms with Crippen LogP contribution in [-0.4, -0.2) is 48.2 Å². The number of methoxy groups -OCH3 is 1. The van der Waals surface area contributed by atoms with Gasteiger partial charge in [0.2, 0.25) is 11.8 Å². The van der Waals surface area contributed by atoms with Gasteiger partial charge < -0.3 is 25.1 Å². The van der Waals surface area contributed by atoms with E-state index in [-0.39, 0.29) is 5.95 Å². The molecular weight excluding hydrogens is 248 g/mol. The number of fused-ring (bicyclic) bond motifs is 1. The van der Waals surface area contributed by atoms with Crippen LogP contribution in [0.2, 0.25) is 0 Å². The third kappa shape index (κ3) is 2.32. The zero-order chi connectivity index (χ0) is 13.2. The molecule has 2 aromatic rings. The smallest absolute Gasteiger partial charge is 0.254 e. The average Bonchev–Trinajstić information content (AvgIpc) is 2.81. The van der Waals surface area contributed by atoms with Crippen LogP contribution in [0.5, 0.6) is 0 Å². The summed E-state index contributed by atoms with van der Waals surface area (Å²) >= 11 is 0. The predicted octanol–water partition coefficient (Wildman–Crippen LogP) is -0.244. The maximum atomic E-state index is 5.73. The molecule has 3 rings (SSSR count). The Bertz CT molecular complexity index is 578. The Morgan fingerprint density at radius 2 is 2.11 bits per heavy atom. The molecule has 1 aliphatic rings. The van der Waals surface area contributed by atoms with Crippen molar-refractivity contribution in [2.24, 2.45) is 0 Å². The van der Waals surface area contributed by atoms with Crippen molar-refractivity contribution in [3.05, 3.63) is 5.89 Å². The maximum Gasteiger partial charge on any atom is 0.254 e. The van der Waals surface area contributed by atoms with Gasteiger partial charge in [0.25, 0.3) is 5.71 Å². The van der Waals surface area contributed by atoms with Gasteiger partial charge in [-0.3, -0.25) is 0 Å². The van der Waals surface area contributed by atoms with Crippen LogP contribution in [0.15, 0.2) is 4.42 Å². The Morgan fingerprint density at radius 1 is 1.32 bits per heavy atom. The Morgan fingerprint density at radius 3 is 2.84 bits per heavy atom. The van der Waals surface area contributed by atoms with E-state index >= 15 is 0 Å². The summed E-state index contributed by atoms with van der Waals surface area (Å²) in [6, 6.07) is 0. The summed E-state index contributed by atoms with van der Waals surface area (Å²) in [5, 5.41) is 3.29. The average molecular weight is 264 g/mol. The van der Waals surface area contributed by atoms with Crippen LogP contribution in [0.4, 0.5) is 11.8 Å². The SMILES string of the molecule is COCc1nc2c(N3CCNCC3)nc(N)nc2o1. The molecule has 102 valence electrons. The van der Waals surface area contributed by atoms with E-state index in [1.54, 1.807) is 7.11 Å². The minimum absolute atomic E-state index is 0.196. The Hall–Kier alpha value is -1.93.